The van der Waals surface area contributed by atoms with Gasteiger partial charge < -0.3 is 4.74 Å². The Hall–Kier alpha value is -1.62. The molecule has 0 aromatic heterocycles. The predicted molar refractivity (Wildman–Crippen MR) is 69.0 cm³/mol. The lowest BCUT2D eigenvalue weighted by Crippen LogP contribution is -2.05. The minimum absolute atomic E-state index is 0.141. The van der Waals surface area contributed by atoms with Crippen LogP contribution in [0, 0.1) is 0 Å². The highest BCUT2D eigenvalue weighted by molar-refractivity contribution is 7.86. The summed E-state index contributed by atoms with van der Waals surface area (Å²) in [6.07, 6.45) is 0.141. The molecular formula is C13H13FO3S. The van der Waals surface area contributed by atoms with Crippen LogP contribution in [0.1, 0.15) is 6.42 Å². The van der Waals surface area contributed by atoms with E-state index in [-0.39, 0.29) is 13.0 Å². The van der Waals surface area contributed by atoms with E-state index in [0.29, 0.717) is 5.75 Å². The summed E-state index contributed by atoms with van der Waals surface area (Å²) < 4.78 is 38.4. The van der Waals surface area contributed by atoms with E-state index in [1.54, 1.807) is 0 Å². The lowest BCUT2D eigenvalue weighted by atomic mass is 10.1. The smallest absolute Gasteiger partial charge is 0.302 e. The molecule has 0 aliphatic carbocycles. The lowest BCUT2D eigenvalue weighted by Gasteiger charge is -2.08. The first-order valence-corrected chi connectivity index (χ1v) is 7.14. The van der Waals surface area contributed by atoms with Crippen molar-refractivity contribution in [1.82, 2.24) is 0 Å². The first-order chi connectivity index (χ1) is 8.56. The van der Waals surface area contributed by atoms with Gasteiger partial charge in [0.25, 0.3) is 0 Å². The van der Waals surface area contributed by atoms with Crippen LogP contribution < -0.4 is 4.74 Å². The van der Waals surface area contributed by atoms with Crippen molar-refractivity contribution in [3.8, 4) is 5.75 Å². The fraction of sp³-hybridized carbons (Fsp3) is 0.231. The predicted octanol–water partition coefficient (Wildman–Crippen LogP) is 2.91. The van der Waals surface area contributed by atoms with Gasteiger partial charge in [0.15, 0.2) is 0 Å². The van der Waals surface area contributed by atoms with Gasteiger partial charge in [0.2, 0.25) is 0 Å². The molecule has 3 nitrogen and oxygen atoms in total. The van der Waals surface area contributed by atoms with E-state index in [1.165, 1.54) is 0 Å². The van der Waals surface area contributed by atoms with Crippen LogP contribution in [0.5, 0.6) is 5.75 Å². The molecule has 2 aromatic carbocycles. The zero-order chi connectivity index (χ0) is 13.0. The summed E-state index contributed by atoms with van der Waals surface area (Å²) in [7, 11) is -4.40. The highest BCUT2D eigenvalue weighted by atomic mass is 32.3. The monoisotopic (exact) mass is 268 g/mol. The van der Waals surface area contributed by atoms with E-state index in [2.05, 4.69) is 0 Å². The van der Waals surface area contributed by atoms with E-state index >= 15 is 0 Å². The molecule has 0 heterocycles. The van der Waals surface area contributed by atoms with E-state index in [4.69, 9.17) is 4.74 Å². The SMILES string of the molecule is O=S(=O)(F)CCCOc1cccc2ccccc12. The molecule has 0 saturated heterocycles. The molecule has 2 aromatic rings. The molecule has 0 spiro atoms. The van der Waals surface area contributed by atoms with E-state index in [9.17, 15) is 12.3 Å². The van der Waals surface area contributed by atoms with Crippen LogP contribution >= 0.6 is 0 Å². The first kappa shape index (κ1) is 12.8. The average molecular weight is 268 g/mol. The number of rotatable bonds is 5. The number of hydrogen-bond acceptors (Lipinski definition) is 3. The van der Waals surface area contributed by atoms with Crippen molar-refractivity contribution in [2.24, 2.45) is 0 Å². The van der Waals surface area contributed by atoms with Crippen molar-refractivity contribution in [3.63, 3.8) is 0 Å². The average Bonchev–Trinajstić information content (AvgIpc) is 2.33. The van der Waals surface area contributed by atoms with Crippen molar-refractivity contribution in [3.05, 3.63) is 42.5 Å². The molecule has 2 rings (SSSR count). The van der Waals surface area contributed by atoms with Crippen LogP contribution in [0.25, 0.3) is 10.8 Å². The summed E-state index contributed by atoms with van der Waals surface area (Å²) in [5, 5.41) is 2.01. The standard InChI is InChI=1S/C13H13FO3S/c14-18(15,16)10-4-9-17-13-8-3-6-11-5-1-2-7-12(11)13/h1-3,5-8H,4,9-10H2. The van der Waals surface area contributed by atoms with Gasteiger partial charge in [0.05, 0.1) is 12.4 Å². The third-order valence-corrected chi connectivity index (χ3v) is 3.32. The van der Waals surface area contributed by atoms with Crippen molar-refractivity contribution in [2.45, 2.75) is 6.42 Å². The highest BCUT2D eigenvalue weighted by Gasteiger charge is 2.07. The second-order valence-corrected chi connectivity index (χ2v) is 5.41. The molecule has 0 aliphatic rings. The summed E-state index contributed by atoms with van der Waals surface area (Å²) in [6.45, 7) is 0.178. The lowest BCUT2D eigenvalue weighted by molar-refractivity contribution is 0.321. The van der Waals surface area contributed by atoms with Gasteiger partial charge in [-0.1, -0.05) is 36.4 Å². The molecule has 0 aliphatic heterocycles. The molecule has 0 N–H and O–H groups in total. The molecule has 0 radical (unpaired) electrons. The second kappa shape index (κ2) is 5.35. The normalized spacial score (nSPS) is 11.6. The Balaban J connectivity index is 2.04. The Morgan fingerprint density at radius 1 is 1.06 bits per heavy atom. The van der Waals surface area contributed by atoms with E-state index in [1.807, 2.05) is 42.5 Å². The second-order valence-electron chi connectivity index (χ2n) is 3.92. The molecule has 0 amide bonds. The molecule has 0 saturated carbocycles. The molecule has 0 unspecified atom stereocenters. The van der Waals surface area contributed by atoms with Gasteiger partial charge in [-0.25, -0.2) is 0 Å². The molecule has 0 bridgehead atoms. The number of hydrogen-bond donors (Lipinski definition) is 0. The number of ether oxygens (including phenoxy) is 1. The van der Waals surface area contributed by atoms with Gasteiger partial charge in [0.1, 0.15) is 5.75 Å². The molecule has 0 atom stereocenters. The van der Waals surface area contributed by atoms with E-state index in [0.717, 1.165) is 10.8 Å². The number of halogens is 1. The topological polar surface area (TPSA) is 43.4 Å². The largest absolute Gasteiger partial charge is 0.493 e. The molecule has 96 valence electrons. The summed E-state index contributed by atoms with van der Waals surface area (Å²) in [5.74, 6) is 0.182. The minimum atomic E-state index is -4.40. The van der Waals surface area contributed by atoms with Gasteiger partial charge >= 0.3 is 10.2 Å². The fourth-order valence-corrected chi connectivity index (χ4v) is 2.20. The third kappa shape index (κ3) is 3.43. The van der Waals surface area contributed by atoms with Crippen molar-refractivity contribution in [2.75, 3.05) is 12.4 Å². The molecule has 0 fully saturated rings. The maximum atomic E-state index is 12.3. The Morgan fingerprint density at radius 2 is 1.78 bits per heavy atom. The number of benzene rings is 2. The Kier molecular flexibility index (Phi) is 3.81. The van der Waals surface area contributed by atoms with Gasteiger partial charge in [-0.3, -0.25) is 0 Å². The maximum Gasteiger partial charge on any atom is 0.302 e. The van der Waals surface area contributed by atoms with Crippen LogP contribution in [0.3, 0.4) is 0 Å². The van der Waals surface area contributed by atoms with Gasteiger partial charge in [0, 0.05) is 5.39 Å². The van der Waals surface area contributed by atoms with Gasteiger partial charge in [-0.15, -0.1) is 3.89 Å². The molecular weight excluding hydrogens is 255 g/mol. The van der Waals surface area contributed by atoms with Crippen LogP contribution in [0.15, 0.2) is 42.5 Å². The highest BCUT2D eigenvalue weighted by Crippen LogP contribution is 2.25. The first-order valence-electron chi connectivity index (χ1n) is 5.59. The maximum absolute atomic E-state index is 12.3. The van der Waals surface area contributed by atoms with Crippen molar-refractivity contribution in [1.29, 1.82) is 0 Å². The van der Waals surface area contributed by atoms with Crippen molar-refractivity contribution < 1.29 is 17.0 Å². The zero-order valence-electron chi connectivity index (χ0n) is 9.67. The van der Waals surface area contributed by atoms with Crippen LogP contribution in [0.2, 0.25) is 0 Å². The zero-order valence-corrected chi connectivity index (χ0v) is 10.5. The summed E-state index contributed by atoms with van der Waals surface area (Å²) in [4.78, 5) is 0. The Morgan fingerprint density at radius 3 is 2.56 bits per heavy atom. The quantitative estimate of drug-likeness (QED) is 0.618. The third-order valence-electron chi connectivity index (χ3n) is 2.54. The van der Waals surface area contributed by atoms with E-state index < -0.39 is 16.0 Å². The summed E-state index contributed by atoms with van der Waals surface area (Å²) in [6, 6.07) is 13.4. The fourth-order valence-electron chi connectivity index (χ4n) is 1.74. The number of fused-ring (bicyclic) bond motifs is 1. The minimum Gasteiger partial charge on any atom is -0.493 e. The molecule has 18 heavy (non-hydrogen) atoms. The summed E-state index contributed by atoms with van der Waals surface area (Å²) >= 11 is 0. The van der Waals surface area contributed by atoms with Crippen LogP contribution in [-0.2, 0) is 10.2 Å². The Labute approximate surface area is 105 Å². The van der Waals surface area contributed by atoms with Crippen LogP contribution in [-0.4, -0.2) is 20.8 Å². The molecule has 5 heteroatoms. The summed E-state index contributed by atoms with van der Waals surface area (Å²) in [5.41, 5.74) is 0. The van der Waals surface area contributed by atoms with Crippen molar-refractivity contribution >= 4 is 21.0 Å². The Bertz CT molecular complexity index is 632. The van der Waals surface area contributed by atoms with Crippen LogP contribution in [0.4, 0.5) is 3.89 Å². The van der Waals surface area contributed by atoms with Gasteiger partial charge in [-0.2, -0.15) is 8.42 Å². The van der Waals surface area contributed by atoms with Gasteiger partial charge in [-0.05, 0) is 17.9 Å².